The molecule has 30 heavy (non-hydrogen) atoms. The molecular weight excluding hydrogens is 504 g/mol. The smallest absolute Gasteiger partial charge is 0.364 e. The fourth-order valence-corrected chi connectivity index (χ4v) is 3.11. The predicted octanol–water partition coefficient (Wildman–Crippen LogP) is 4.61. The molecule has 0 unspecified atom stereocenters. The number of nitrogens with one attached hydrogen (secondary N) is 2. The maximum absolute atomic E-state index is 12.6. The molecule has 0 aromatic heterocycles. The van der Waals surface area contributed by atoms with Gasteiger partial charge in [0.05, 0.1) is 5.56 Å². The molecule has 0 fully saturated rings. The SMILES string of the molecule is CN=C(NCCc1ccc(C(F)(F)F)cc1)NCc1ccc(N2CC=CC2)cc1.I. The molecule has 0 aliphatic carbocycles. The molecule has 1 aliphatic rings. The highest BCUT2D eigenvalue weighted by molar-refractivity contribution is 14.0. The number of hydrogen-bond acceptors (Lipinski definition) is 2. The van der Waals surface area contributed by atoms with E-state index in [0.29, 0.717) is 25.5 Å². The van der Waals surface area contributed by atoms with Crippen LogP contribution in [0.1, 0.15) is 16.7 Å². The van der Waals surface area contributed by atoms with Crippen molar-refractivity contribution in [2.45, 2.75) is 19.1 Å². The highest BCUT2D eigenvalue weighted by atomic mass is 127. The summed E-state index contributed by atoms with van der Waals surface area (Å²) in [6.07, 6.45) is 0.634. The van der Waals surface area contributed by atoms with E-state index in [1.807, 2.05) is 0 Å². The Morgan fingerprint density at radius 1 is 0.933 bits per heavy atom. The van der Waals surface area contributed by atoms with Crippen LogP contribution in [0, 0.1) is 0 Å². The lowest BCUT2D eigenvalue weighted by Gasteiger charge is -2.18. The summed E-state index contributed by atoms with van der Waals surface area (Å²) in [6, 6.07) is 13.7. The highest BCUT2D eigenvalue weighted by Crippen LogP contribution is 2.29. The van der Waals surface area contributed by atoms with Crippen LogP contribution in [0.3, 0.4) is 0 Å². The Kier molecular flexibility index (Phi) is 9.01. The van der Waals surface area contributed by atoms with Crippen LogP contribution in [0.15, 0.2) is 65.7 Å². The number of benzene rings is 2. The van der Waals surface area contributed by atoms with E-state index >= 15 is 0 Å². The van der Waals surface area contributed by atoms with E-state index in [-0.39, 0.29) is 24.0 Å². The number of anilines is 1. The third-order valence-electron chi connectivity index (χ3n) is 4.79. The van der Waals surface area contributed by atoms with E-state index in [9.17, 15) is 13.2 Å². The van der Waals surface area contributed by atoms with Gasteiger partial charge in [-0.3, -0.25) is 4.99 Å². The Morgan fingerprint density at radius 2 is 1.53 bits per heavy atom. The van der Waals surface area contributed by atoms with Gasteiger partial charge in [-0.25, -0.2) is 0 Å². The second-order valence-corrected chi connectivity index (χ2v) is 6.84. The first-order valence-corrected chi connectivity index (χ1v) is 9.55. The summed E-state index contributed by atoms with van der Waals surface area (Å²) in [6.45, 7) is 3.12. The lowest BCUT2D eigenvalue weighted by molar-refractivity contribution is -0.137. The van der Waals surface area contributed by atoms with Crippen LogP contribution >= 0.6 is 24.0 Å². The average Bonchev–Trinajstić information content (AvgIpc) is 3.25. The van der Waals surface area contributed by atoms with Crippen molar-refractivity contribution in [3.05, 3.63) is 77.4 Å². The van der Waals surface area contributed by atoms with Gasteiger partial charge in [0, 0.05) is 38.9 Å². The molecule has 4 nitrogen and oxygen atoms in total. The molecule has 0 saturated carbocycles. The molecule has 0 radical (unpaired) electrons. The third kappa shape index (κ3) is 6.93. The molecule has 8 heteroatoms. The molecule has 2 aromatic rings. The Labute approximate surface area is 192 Å². The minimum absolute atomic E-state index is 0. The molecule has 162 valence electrons. The van der Waals surface area contributed by atoms with E-state index < -0.39 is 11.7 Å². The quantitative estimate of drug-likeness (QED) is 0.248. The number of alkyl halides is 3. The van der Waals surface area contributed by atoms with Gasteiger partial charge in [0.1, 0.15) is 0 Å². The lowest BCUT2D eigenvalue weighted by Crippen LogP contribution is -2.37. The fraction of sp³-hybridized carbons (Fsp3) is 0.318. The molecule has 3 rings (SSSR count). The largest absolute Gasteiger partial charge is 0.416 e. The van der Waals surface area contributed by atoms with Crippen molar-refractivity contribution in [2.24, 2.45) is 4.99 Å². The third-order valence-corrected chi connectivity index (χ3v) is 4.79. The predicted molar refractivity (Wildman–Crippen MR) is 127 cm³/mol. The zero-order valence-corrected chi connectivity index (χ0v) is 19.1. The zero-order chi connectivity index (χ0) is 20.7. The summed E-state index contributed by atoms with van der Waals surface area (Å²) in [5, 5.41) is 6.44. The van der Waals surface area contributed by atoms with E-state index in [4.69, 9.17) is 0 Å². The molecule has 2 aromatic carbocycles. The highest BCUT2D eigenvalue weighted by Gasteiger charge is 2.29. The second kappa shape index (κ2) is 11.2. The van der Waals surface area contributed by atoms with Crippen LogP contribution in [0.2, 0.25) is 0 Å². The minimum atomic E-state index is -4.30. The lowest BCUT2D eigenvalue weighted by atomic mass is 10.1. The van der Waals surface area contributed by atoms with Crippen LogP contribution in [0.4, 0.5) is 18.9 Å². The molecule has 0 spiro atoms. The van der Waals surface area contributed by atoms with Crippen molar-refractivity contribution in [1.82, 2.24) is 10.6 Å². The average molecular weight is 530 g/mol. The number of hydrogen-bond donors (Lipinski definition) is 2. The Bertz CT molecular complexity index is 838. The van der Waals surface area contributed by atoms with Gasteiger partial charge in [-0.1, -0.05) is 36.4 Å². The van der Waals surface area contributed by atoms with Crippen molar-refractivity contribution in [3.8, 4) is 0 Å². The molecule has 0 atom stereocenters. The van der Waals surface area contributed by atoms with E-state index in [2.05, 4.69) is 56.9 Å². The summed E-state index contributed by atoms with van der Waals surface area (Å²) < 4.78 is 37.8. The Morgan fingerprint density at radius 3 is 2.10 bits per heavy atom. The Balaban J connectivity index is 0.00000320. The van der Waals surface area contributed by atoms with Gasteiger partial charge >= 0.3 is 6.18 Å². The standard InChI is InChI=1S/C22H25F3N4.HI/c1-26-21(27-13-12-17-4-8-19(9-5-17)22(23,24)25)28-16-18-6-10-20(11-7-18)29-14-2-3-15-29;/h2-11H,12-16H2,1H3,(H2,26,27,28);1H. The monoisotopic (exact) mass is 530 g/mol. The van der Waals surface area contributed by atoms with Gasteiger partial charge in [0.2, 0.25) is 0 Å². The Hall–Kier alpha value is -2.23. The van der Waals surface area contributed by atoms with E-state index in [0.717, 1.165) is 36.3 Å². The first kappa shape index (κ1) is 24.0. The van der Waals surface area contributed by atoms with Gasteiger partial charge in [-0.2, -0.15) is 13.2 Å². The van der Waals surface area contributed by atoms with Crippen LogP contribution in [0.25, 0.3) is 0 Å². The van der Waals surface area contributed by atoms with Gasteiger partial charge in [-0.15, -0.1) is 24.0 Å². The van der Waals surface area contributed by atoms with Crippen molar-refractivity contribution in [2.75, 3.05) is 31.6 Å². The number of guanidine groups is 1. The number of halogens is 4. The molecular formula is C22H26F3IN4. The number of aliphatic imine (C=N–C) groups is 1. The van der Waals surface area contributed by atoms with Gasteiger partial charge in [0.15, 0.2) is 5.96 Å². The molecule has 0 bridgehead atoms. The summed E-state index contributed by atoms with van der Waals surface area (Å²) in [5.74, 6) is 0.657. The fourth-order valence-electron chi connectivity index (χ4n) is 3.11. The van der Waals surface area contributed by atoms with Crippen LogP contribution in [-0.2, 0) is 19.1 Å². The molecule has 0 saturated heterocycles. The van der Waals surface area contributed by atoms with Crippen molar-refractivity contribution in [1.29, 1.82) is 0 Å². The number of nitrogens with zero attached hydrogens (tertiary/aromatic N) is 2. The second-order valence-electron chi connectivity index (χ2n) is 6.84. The van der Waals surface area contributed by atoms with E-state index in [1.165, 1.54) is 17.8 Å². The van der Waals surface area contributed by atoms with Crippen LogP contribution in [-0.4, -0.2) is 32.6 Å². The van der Waals surface area contributed by atoms with Crippen LogP contribution < -0.4 is 15.5 Å². The van der Waals surface area contributed by atoms with Crippen molar-refractivity contribution >= 4 is 35.6 Å². The van der Waals surface area contributed by atoms with Gasteiger partial charge in [0.25, 0.3) is 0 Å². The van der Waals surface area contributed by atoms with Crippen molar-refractivity contribution < 1.29 is 13.2 Å². The molecule has 1 heterocycles. The summed E-state index contributed by atoms with van der Waals surface area (Å²) >= 11 is 0. The minimum Gasteiger partial charge on any atom is -0.364 e. The summed E-state index contributed by atoms with van der Waals surface area (Å²) in [5.41, 5.74) is 2.57. The normalized spacial score (nSPS) is 13.9. The maximum Gasteiger partial charge on any atom is 0.416 e. The van der Waals surface area contributed by atoms with E-state index in [1.54, 1.807) is 7.05 Å². The first-order valence-electron chi connectivity index (χ1n) is 9.55. The number of rotatable bonds is 6. The first-order chi connectivity index (χ1) is 14.0. The summed E-state index contributed by atoms with van der Waals surface area (Å²) in [7, 11) is 1.69. The molecule has 0 amide bonds. The molecule has 1 aliphatic heterocycles. The molecule has 2 N–H and O–H groups in total. The van der Waals surface area contributed by atoms with Crippen molar-refractivity contribution in [3.63, 3.8) is 0 Å². The van der Waals surface area contributed by atoms with Gasteiger partial charge < -0.3 is 15.5 Å². The topological polar surface area (TPSA) is 39.7 Å². The van der Waals surface area contributed by atoms with Crippen LogP contribution in [0.5, 0.6) is 0 Å². The van der Waals surface area contributed by atoms with Gasteiger partial charge in [-0.05, 0) is 41.8 Å². The maximum atomic E-state index is 12.6. The summed E-state index contributed by atoms with van der Waals surface area (Å²) in [4.78, 5) is 6.48. The zero-order valence-electron chi connectivity index (χ0n) is 16.7.